The SMILES string of the molecule is COC(=O)CCc1cc(S)n2nc(C)nc2n1. The van der Waals surface area contributed by atoms with Gasteiger partial charge in [0.15, 0.2) is 0 Å². The second-order valence-electron chi connectivity index (χ2n) is 3.55. The van der Waals surface area contributed by atoms with E-state index in [4.69, 9.17) is 0 Å². The topological polar surface area (TPSA) is 69.4 Å². The standard InChI is InChI=1S/C10H12N4O2S/c1-6-11-10-12-7(3-4-9(15)16-2)5-8(17)14(10)13-6/h5,17H,3-4H2,1-2H3. The number of esters is 1. The Bertz CT molecular complexity index is 567. The monoisotopic (exact) mass is 252 g/mol. The summed E-state index contributed by atoms with van der Waals surface area (Å²) in [5.74, 6) is 0.873. The number of carbonyl (C=O) groups excluding carboxylic acids is 1. The number of hydrogen-bond donors (Lipinski definition) is 1. The highest BCUT2D eigenvalue weighted by Crippen LogP contribution is 2.11. The molecule has 0 amide bonds. The molecule has 2 aromatic rings. The van der Waals surface area contributed by atoms with E-state index in [9.17, 15) is 4.79 Å². The van der Waals surface area contributed by atoms with Gasteiger partial charge in [0, 0.05) is 12.1 Å². The van der Waals surface area contributed by atoms with Crippen LogP contribution in [0.4, 0.5) is 0 Å². The Labute approximate surface area is 103 Å². The van der Waals surface area contributed by atoms with Crippen LogP contribution < -0.4 is 0 Å². The summed E-state index contributed by atoms with van der Waals surface area (Å²) < 4.78 is 6.13. The van der Waals surface area contributed by atoms with Crippen molar-refractivity contribution in [3.05, 3.63) is 17.6 Å². The van der Waals surface area contributed by atoms with E-state index in [-0.39, 0.29) is 5.97 Å². The van der Waals surface area contributed by atoms with Gasteiger partial charge in [-0.25, -0.2) is 4.98 Å². The number of fused-ring (bicyclic) bond motifs is 1. The summed E-state index contributed by atoms with van der Waals surface area (Å²) in [6, 6.07) is 1.77. The molecule has 0 unspecified atom stereocenters. The fourth-order valence-electron chi connectivity index (χ4n) is 1.46. The molecule has 0 N–H and O–H groups in total. The average Bonchev–Trinajstić information content (AvgIpc) is 2.67. The molecule has 0 aliphatic carbocycles. The lowest BCUT2D eigenvalue weighted by molar-refractivity contribution is -0.140. The Morgan fingerprint density at radius 2 is 2.29 bits per heavy atom. The maximum absolute atomic E-state index is 11.0. The minimum absolute atomic E-state index is 0.259. The van der Waals surface area contributed by atoms with Gasteiger partial charge < -0.3 is 4.74 Å². The second kappa shape index (κ2) is 4.70. The van der Waals surface area contributed by atoms with E-state index in [0.29, 0.717) is 29.5 Å². The third-order valence-electron chi connectivity index (χ3n) is 2.27. The van der Waals surface area contributed by atoms with Crippen LogP contribution in [0.2, 0.25) is 0 Å². The van der Waals surface area contributed by atoms with Crippen molar-refractivity contribution >= 4 is 24.4 Å². The molecule has 0 fully saturated rings. The summed E-state index contributed by atoms with van der Waals surface area (Å²) in [4.78, 5) is 19.5. The zero-order valence-corrected chi connectivity index (χ0v) is 10.4. The molecule has 0 atom stereocenters. The van der Waals surface area contributed by atoms with E-state index >= 15 is 0 Å². The Balaban J connectivity index is 2.27. The first-order valence-corrected chi connectivity index (χ1v) is 5.54. The van der Waals surface area contributed by atoms with Crippen LogP contribution in [0.25, 0.3) is 5.78 Å². The van der Waals surface area contributed by atoms with E-state index in [1.165, 1.54) is 7.11 Å². The van der Waals surface area contributed by atoms with Crippen molar-refractivity contribution in [3.8, 4) is 0 Å². The van der Waals surface area contributed by atoms with E-state index < -0.39 is 0 Å². The lowest BCUT2D eigenvalue weighted by Gasteiger charge is -2.02. The molecule has 2 heterocycles. The van der Waals surface area contributed by atoms with Crippen LogP contribution in [0.1, 0.15) is 17.9 Å². The van der Waals surface area contributed by atoms with Crippen molar-refractivity contribution in [1.82, 2.24) is 19.6 Å². The van der Waals surface area contributed by atoms with E-state index in [2.05, 4.69) is 32.4 Å². The van der Waals surface area contributed by atoms with Crippen LogP contribution in [0, 0.1) is 6.92 Å². The zero-order valence-electron chi connectivity index (χ0n) is 9.54. The highest BCUT2D eigenvalue weighted by Gasteiger charge is 2.08. The summed E-state index contributed by atoms with van der Waals surface area (Å²) in [6.45, 7) is 1.79. The van der Waals surface area contributed by atoms with Crippen LogP contribution >= 0.6 is 12.6 Å². The molecule has 2 rings (SSSR count). The van der Waals surface area contributed by atoms with Crippen LogP contribution in [0.15, 0.2) is 11.1 Å². The Kier molecular flexibility index (Phi) is 3.28. The molecule has 0 bridgehead atoms. The van der Waals surface area contributed by atoms with Crippen molar-refractivity contribution < 1.29 is 9.53 Å². The van der Waals surface area contributed by atoms with E-state index in [1.807, 2.05) is 0 Å². The molecule has 0 aromatic carbocycles. The normalized spacial score (nSPS) is 10.8. The Morgan fingerprint density at radius 1 is 1.53 bits per heavy atom. The van der Waals surface area contributed by atoms with Gasteiger partial charge in [-0.1, -0.05) is 0 Å². The first kappa shape index (κ1) is 11.8. The predicted octanol–water partition coefficient (Wildman–Crippen LogP) is 0.827. The third-order valence-corrected chi connectivity index (χ3v) is 2.58. The Morgan fingerprint density at radius 3 is 3.00 bits per heavy atom. The quantitative estimate of drug-likeness (QED) is 0.498. The van der Waals surface area contributed by atoms with Crippen molar-refractivity contribution in [2.24, 2.45) is 0 Å². The molecular formula is C10H12N4O2S. The zero-order chi connectivity index (χ0) is 12.4. The van der Waals surface area contributed by atoms with Gasteiger partial charge in [-0.15, -0.1) is 17.7 Å². The number of rotatable bonds is 3. The lowest BCUT2D eigenvalue weighted by Crippen LogP contribution is -2.04. The van der Waals surface area contributed by atoms with Crippen molar-refractivity contribution in [2.45, 2.75) is 24.8 Å². The van der Waals surface area contributed by atoms with Gasteiger partial charge in [0.2, 0.25) is 0 Å². The molecule has 0 saturated heterocycles. The average molecular weight is 252 g/mol. The summed E-state index contributed by atoms with van der Waals surface area (Å²) in [7, 11) is 1.37. The van der Waals surface area contributed by atoms with Crippen LogP contribution in [-0.2, 0) is 16.0 Å². The molecule has 2 aromatic heterocycles. The molecule has 0 radical (unpaired) electrons. The van der Waals surface area contributed by atoms with Gasteiger partial charge in [-0.2, -0.15) is 9.50 Å². The van der Waals surface area contributed by atoms with Gasteiger partial charge in [-0.3, -0.25) is 4.79 Å². The molecule has 17 heavy (non-hydrogen) atoms. The van der Waals surface area contributed by atoms with Gasteiger partial charge in [-0.05, 0) is 13.0 Å². The smallest absolute Gasteiger partial charge is 0.305 e. The summed E-state index contributed by atoms with van der Waals surface area (Å²) >= 11 is 4.31. The van der Waals surface area contributed by atoms with Gasteiger partial charge >= 0.3 is 5.97 Å². The lowest BCUT2D eigenvalue weighted by atomic mass is 10.2. The molecule has 6 nitrogen and oxygen atoms in total. The number of nitrogens with zero attached hydrogens (tertiary/aromatic N) is 4. The highest BCUT2D eigenvalue weighted by atomic mass is 32.1. The number of aryl methyl sites for hydroxylation is 2. The molecule has 0 aliphatic heterocycles. The first-order chi connectivity index (χ1) is 8.10. The summed E-state index contributed by atoms with van der Waals surface area (Å²) in [5.41, 5.74) is 0.750. The van der Waals surface area contributed by atoms with Gasteiger partial charge in [0.05, 0.1) is 13.5 Å². The van der Waals surface area contributed by atoms with E-state index in [1.54, 1.807) is 17.5 Å². The number of methoxy groups -OCH3 is 1. The maximum atomic E-state index is 11.0. The third kappa shape index (κ3) is 2.55. The van der Waals surface area contributed by atoms with E-state index in [0.717, 1.165) is 5.69 Å². The largest absolute Gasteiger partial charge is 0.469 e. The van der Waals surface area contributed by atoms with Gasteiger partial charge in [0.25, 0.3) is 5.78 Å². The minimum atomic E-state index is -0.259. The maximum Gasteiger partial charge on any atom is 0.305 e. The molecule has 0 aliphatic rings. The second-order valence-corrected chi connectivity index (χ2v) is 4.01. The number of hydrogen-bond acceptors (Lipinski definition) is 6. The summed E-state index contributed by atoms with van der Waals surface area (Å²) in [6.07, 6.45) is 0.794. The molecule has 0 spiro atoms. The number of aromatic nitrogens is 4. The fraction of sp³-hybridized carbons (Fsp3) is 0.400. The molecule has 7 heteroatoms. The number of carbonyl (C=O) groups is 1. The van der Waals surface area contributed by atoms with Crippen molar-refractivity contribution in [1.29, 1.82) is 0 Å². The molecule has 90 valence electrons. The highest BCUT2D eigenvalue weighted by molar-refractivity contribution is 7.80. The number of thiol groups is 1. The fourth-order valence-corrected chi connectivity index (χ4v) is 1.74. The predicted molar refractivity (Wildman–Crippen MR) is 63.1 cm³/mol. The van der Waals surface area contributed by atoms with Crippen LogP contribution in [0.5, 0.6) is 0 Å². The van der Waals surface area contributed by atoms with Crippen LogP contribution in [0.3, 0.4) is 0 Å². The molecule has 0 saturated carbocycles. The molecular weight excluding hydrogens is 240 g/mol. The van der Waals surface area contributed by atoms with Crippen molar-refractivity contribution in [2.75, 3.05) is 7.11 Å². The van der Waals surface area contributed by atoms with Gasteiger partial charge in [0.1, 0.15) is 10.9 Å². The Hall–Kier alpha value is -1.63. The summed E-state index contributed by atoms with van der Waals surface area (Å²) in [5, 5.41) is 4.79. The minimum Gasteiger partial charge on any atom is -0.469 e. The van der Waals surface area contributed by atoms with Crippen LogP contribution in [-0.4, -0.2) is 32.7 Å². The number of ether oxygens (including phenoxy) is 1. The van der Waals surface area contributed by atoms with Crippen molar-refractivity contribution in [3.63, 3.8) is 0 Å². The first-order valence-electron chi connectivity index (χ1n) is 5.09.